The molecule has 0 bridgehead atoms. The van der Waals surface area contributed by atoms with Crippen LogP contribution < -0.4 is 4.74 Å². The molecule has 0 spiro atoms. The molecule has 0 saturated carbocycles. The first-order chi connectivity index (χ1) is 14.6. The zero-order valence-electron chi connectivity index (χ0n) is 15.8. The molecule has 4 aromatic rings. The van der Waals surface area contributed by atoms with Crippen LogP contribution in [0.5, 0.6) is 5.75 Å². The molecule has 0 fully saturated rings. The second kappa shape index (κ2) is 9.05. The van der Waals surface area contributed by atoms with E-state index in [1.807, 2.05) is 48.5 Å². The second-order valence-electron chi connectivity index (χ2n) is 6.52. The third-order valence-electron chi connectivity index (χ3n) is 4.47. The number of rotatable bonds is 6. The van der Waals surface area contributed by atoms with E-state index in [1.165, 1.54) is 12.1 Å². The minimum Gasteiger partial charge on any atom is -0.490 e. The molecule has 0 amide bonds. The van der Waals surface area contributed by atoms with Crippen LogP contribution in [-0.2, 0) is 4.74 Å². The van der Waals surface area contributed by atoms with Crippen molar-refractivity contribution in [3.8, 4) is 17.0 Å². The van der Waals surface area contributed by atoms with Crippen LogP contribution in [0.25, 0.3) is 22.2 Å². The first kappa shape index (κ1) is 20.0. The molecule has 0 aliphatic carbocycles. The molecule has 0 aliphatic heterocycles. The Kier molecular flexibility index (Phi) is 6.05. The lowest BCUT2D eigenvalue weighted by molar-refractivity contribution is 0.0452. The lowest BCUT2D eigenvalue weighted by Crippen LogP contribution is -2.13. The summed E-state index contributed by atoms with van der Waals surface area (Å²) < 4.78 is 25.3. The Morgan fingerprint density at radius 3 is 2.43 bits per heavy atom. The molecule has 0 aliphatic rings. The van der Waals surface area contributed by atoms with E-state index in [0.29, 0.717) is 27.9 Å². The number of carbonyl (C=O) groups is 1. The van der Waals surface area contributed by atoms with Crippen LogP contribution in [0.2, 0.25) is 0 Å². The van der Waals surface area contributed by atoms with Gasteiger partial charge in [0.2, 0.25) is 0 Å². The summed E-state index contributed by atoms with van der Waals surface area (Å²) in [6.45, 7) is 0.346. The summed E-state index contributed by atoms with van der Waals surface area (Å²) in [6, 6.07) is 22.4. The van der Waals surface area contributed by atoms with Crippen LogP contribution in [-0.4, -0.2) is 24.2 Å². The number of fused-ring (bicyclic) bond motifs is 1. The lowest BCUT2D eigenvalue weighted by atomic mass is 10.0. The Balaban J connectivity index is 1.52. The average Bonchev–Trinajstić information content (AvgIpc) is 2.77. The number of hydrogen-bond acceptors (Lipinski definition) is 4. The number of pyridine rings is 1. The third kappa shape index (κ3) is 4.66. The zero-order chi connectivity index (χ0) is 20.9. The lowest BCUT2D eigenvalue weighted by Gasteiger charge is -2.11. The normalized spacial score (nSPS) is 10.7. The van der Waals surface area contributed by atoms with E-state index >= 15 is 0 Å². The molecule has 4 nitrogen and oxygen atoms in total. The van der Waals surface area contributed by atoms with Gasteiger partial charge < -0.3 is 9.47 Å². The van der Waals surface area contributed by atoms with E-state index in [9.17, 15) is 9.18 Å². The largest absolute Gasteiger partial charge is 0.490 e. The Hall–Kier alpha value is -3.25. The quantitative estimate of drug-likeness (QED) is 0.257. The number of para-hydroxylation sites is 1. The predicted octanol–water partition coefficient (Wildman–Crippen LogP) is 6.04. The van der Waals surface area contributed by atoms with Crippen LogP contribution in [0, 0.1) is 5.82 Å². The first-order valence-electron chi connectivity index (χ1n) is 9.31. The van der Waals surface area contributed by atoms with Crippen molar-refractivity contribution in [2.45, 2.75) is 0 Å². The summed E-state index contributed by atoms with van der Waals surface area (Å²) in [6.07, 6.45) is 0. The van der Waals surface area contributed by atoms with Crippen LogP contribution >= 0.6 is 15.9 Å². The molecule has 6 heteroatoms. The van der Waals surface area contributed by atoms with Gasteiger partial charge >= 0.3 is 5.97 Å². The number of ether oxygens (including phenoxy) is 2. The van der Waals surface area contributed by atoms with Crippen molar-refractivity contribution in [2.75, 3.05) is 13.2 Å². The number of benzene rings is 3. The van der Waals surface area contributed by atoms with Crippen molar-refractivity contribution in [1.82, 2.24) is 4.98 Å². The molecule has 30 heavy (non-hydrogen) atoms. The Bertz CT molecular complexity index is 1180. The van der Waals surface area contributed by atoms with Crippen LogP contribution in [0.3, 0.4) is 0 Å². The van der Waals surface area contributed by atoms with Crippen LogP contribution in [0.1, 0.15) is 10.4 Å². The van der Waals surface area contributed by atoms with Gasteiger partial charge in [0.05, 0.1) is 16.8 Å². The molecule has 150 valence electrons. The molecule has 0 unspecified atom stereocenters. The highest BCUT2D eigenvalue weighted by atomic mass is 79.9. The highest BCUT2D eigenvalue weighted by molar-refractivity contribution is 9.10. The van der Waals surface area contributed by atoms with Gasteiger partial charge in [0.1, 0.15) is 24.8 Å². The van der Waals surface area contributed by atoms with E-state index < -0.39 is 5.97 Å². The van der Waals surface area contributed by atoms with Crippen molar-refractivity contribution in [2.24, 2.45) is 0 Å². The van der Waals surface area contributed by atoms with Crippen molar-refractivity contribution in [3.05, 3.63) is 94.7 Å². The van der Waals surface area contributed by atoms with Crippen molar-refractivity contribution in [1.29, 1.82) is 0 Å². The highest BCUT2D eigenvalue weighted by Crippen LogP contribution is 2.25. The fraction of sp³-hybridized carbons (Fsp3) is 0.0833. The molecular formula is C24H17BrFNO3. The van der Waals surface area contributed by atoms with Crippen molar-refractivity contribution in [3.63, 3.8) is 0 Å². The zero-order valence-corrected chi connectivity index (χ0v) is 17.4. The Morgan fingerprint density at radius 2 is 1.67 bits per heavy atom. The summed E-state index contributed by atoms with van der Waals surface area (Å²) in [4.78, 5) is 17.4. The average molecular weight is 466 g/mol. The third-order valence-corrected chi connectivity index (χ3v) is 5.00. The standard InChI is InChI=1S/C24H17BrFNO3/c25-17-7-11-19(12-8-17)29-13-14-30-24(28)21-15-23(16-5-9-18(26)10-6-16)27-22-4-2-1-3-20(21)22/h1-12,15H,13-14H2. The van der Waals surface area contributed by atoms with E-state index in [2.05, 4.69) is 20.9 Å². The molecule has 3 aromatic carbocycles. The van der Waals surface area contributed by atoms with Gasteiger partial charge in [0.25, 0.3) is 0 Å². The van der Waals surface area contributed by atoms with E-state index in [0.717, 1.165) is 10.0 Å². The predicted molar refractivity (Wildman–Crippen MR) is 117 cm³/mol. The van der Waals surface area contributed by atoms with Gasteiger partial charge in [0, 0.05) is 15.4 Å². The number of aromatic nitrogens is 1. The number of nitrogens with zero attached hydrogens (tertiary/aromatic N) is 1. The van der Waals surface area contributed by atoms with Gasteiger partial charge in [-0.1, -0.05) is 34.1 Å². The smallest absolute Gasteiger partial charge is 0.339 e. The molecule has 0 atom stereocenters. The van der Waals surface area contributed by atoms with E-state index in [1.54, 1.807) is 18.2 Å². The fourth-order valence-corrected chi connectivity index (χ4v) is 3.28. The molecule has 1 heterocycles. The molecule has 0 radical (unpaired) electrons. The van der Waals surface area contributed by atoms with Crippen LogP contribution in [0.4, 0.5) is 4.39 Å². The maximum Gasteiger partial charge on any atom is 0.339 e. The molecule has 1 aromatic heterocycles. The number of hydrogen-bond donors (Lipinski definition) is 0. The van der Waals surface area contributed by atoms with E-state index in [4.69, 9.17) is 9.47 Å². The van der Waals surface area contributed by atoms with Gasteiger partial charge in [-0.15, -0.1) is 0 Å². The van der Waals surface area contributed by atoms with Gasteiger partial charge in [-0.05, 0) is 60.7 Å². The van der Waals surface area contributed by atoms with Gasteiger partial charge in [-0.2, -0.15) is 0 Å². The topological polar surface area (TPSA) is 48.4 Å². The van der Waals surface area contributed by atoms with Crippen molar-refractivity contribution < 1.29 is 18.7 Å². The molecule has 0 N–H and O–H groups in total. The number of esters is 1. The molecule has 4 rings (SSSR count). The fourth-order valence-electron chi connectivity index (χ4n) is 3.02. The van der Waals surface area contributed by atoms with Gasteiger partial charge in [-0.3, -0.25) is 0 Å². The highest BCUT2D eigenvalue weighted by Gasteiger charge is 2.15. The van der Waals surface area contributed by atoms with E-state index in [-0.39, 0.29) is 19.0 Å². The van der Waals surface area contributed by atoms with Crippen molar-refractivity contribution >= 4 is 32.8 Å². The molecule has 0 saturated heterocycles. The maximum absolute atomic E-state index is 13.3. The van der Waals surface area contributed by atoms with Crippen LogP contribution in [0.15, 0.2) is 83.3 Å². The Labute approximate surface area is 181 Å². The monoisotopic (exact) mass is 465 g/mol. The second-order valence-corrected chi connectivity index (χ2v) is 7.43. The molecular weight excluding hydrogens is 449 g/mol. The SMILES string of the molecule is O=C(OCCOc1ccc(Br)cc1)c1cc(-c2ccc(F)cc2)nc2ccccc12. The minimum atomic E-state index is -0.462. The summed E-state index contributed by atoms with van der Waals surface area (Å²) in [7, 11) is 0. The van der Waals surface area contributed by atoms with Gasteiger partial charge in [-0.25, -0.2) is 14.2 Å². The Morgan fingerprint density at radius 1 is 0.933 bits per heavy atom. The number of carbonyl (C=O) groups excluding carboxylic acids is 1. The summed E-state index contributed by atoms with van der Waals surface area (Å²) in [5.74, 6) is -0.0940. The maximum atomic E-state index is 13.3. The summed E-state index contributed by atoms with van der Waals surface area (Å²) in [5, 5.41) is 0.696. The summed E-state index contributed by atoms with van der Waals surface area (Å²) >= 11 is 3.37. The minimum absolute atomic E-state index is 0.109. The summed E-state index contributed by atoms with van der Waals surface area (Å²) in [5.41, 5.74) is 2.36. The number of halogens is 2. The first-order valence-corrected chi connectivity index (χ1v) is 10.1. The van der Waals surface area contributed by atoms with Gasteiger partial charge in [0.15, 0.2) is 0 Å².